The second kappa shape index (κ2) is 6.22. The molecule has 0 unspecified atom stereocenters. The zero-order chi connectivity index (χ0) is 17.6. The number of nitrogens with zero attached hydrogens (tertiary/aromatic N) is 4. The van der Waals surface area contributed by atoms with E-state index in [9.17, 15) is 4.79 Å². The zero-order valence-electron chi connectivity index (χ0n) is 14.7. The first-order chi connectivity index (χ1) is 12.0. The summed E-state index contributed by atoms with van der Waals surface area (Å²) in [7, 11) is 0. The van der Waals surface area contributed by atoms with E-state index >= 15 is 0 Å². The molecule has 132 valence electrons. The predicted molar refractivity (Wildman–Crippen MR) is 89.0 cm³/mol. The number of likely N-dealkylation sites (tertiary alicyclic amines) is 1. The van der Waals surface area contributed by atoms with Crippen molar-refractivity contribution in [1.82, 2.24) is 20.0 Å². The average molecular weight is 342 g/mol. The number of amides is 1. The van der Waals surface area contributed by atoms with Crippen LogP contribution in [0.1, 0.15) is 52.3 Å². The number of carbonyl (C=O) groups is 1. The summed E-state index contributed by atoms with van der Waals surface area (Å²) in [4.78, 5) is 23.3. The van der Waals surface area contributed by atoms with Crippen LogP contribution in [0.25, 0.3) is 0 Å². The van der Waals surface area contributed by atoms with Gasteiger partial charge >= 0.3 is 0 Å². The van der Waals surface area contributed by atoms with E-state index in [4.69, 9.17) is 9.26 Å². The van der Waals surface area contributed by atoms with Crippen molar-refractivity contribution in [1.29, 1.82) is 0 Å². The molecule has 0 radical (unpaired) electrons. The van der Waals surface area contributed by atoms with Crippen molar-refractivity contribution >= 4 is 5.91 Å². The first kappa shape index (κ1) is 16.2. The normalized spacial score (nSPS) is 25.9. The molecule has 0 aromatic carbocycles. The van der Waals surface area contributed by atoms with Crippen LogP contribution in [-0.2, 0) is 4.74 Å². The Balaban J connectivity index is 1.48. The van der Waals surface area contributed by atoms with Gasteiger partial charge in [0.15, 0.2) is 0 Å². The Labute approximate surface area is 146 Å². The number of carbonyl (C=O) groups excluding carboxylic acids is 1. The van der Waals surface area contributed by atoms with Crippen LogP contribution in [0.3, 0.4) is 0 Å². The number of rotatable bonds is 2. The highest BCUT2D eigenvalue weighted by atomic mass is 16.5. The summed E-state index contributed by atoms with van der Waals surface area (Å²) in [6, 6.07) is 1.92. The number of aryl methyl sites for hydroxylation is 3. The lowest BCUT2D eigenvalue weighted by Gasteiger charge is -2.34. The van der Waals surface area contributed by atoms with Crippen molar-refractivity contribution < 1.29 is 14.1 Å². The Kier molecular flexibility index (Phi) is 4.03. The van der Waals surface area contributed by atoms with Gasteiger partial charge in [0.05, 0.1) is 17.5 Å². The van der Waals surface area contributed by atoms with E-state index in [1.54, 1.807) is 20.0 Å². The largest absolute Gasteiger partial charge is 0.367 e. The van der Waals surface area contributed by atoms with Crippen LogP contribution in [0, 0.1) is 26.7 Å². The molecule has 7 nitrogen and oxygen atoms in total. The summed E-state index contributed by atoms with van der Waals surface area (Å²) in [5.74, 6) is 1.78. The monoisotopic (exact) mass is 342 g/mol. The Morgan fingerprint density at radius 2 is 2.16 bits per heavy atom. The number of ether oxygens (including phenoxy) is 1. The molecular weight excluding hydrogens is 320 g/mol. The molecule has 0 bridgehead atoms. The van der Waals surface area contributed by atoms with Gasteiger partial charge in [-0.2, -0.15) is 0 Å². The lowest BCUT2D eigenvalue weighted by atomic mass is 9.91. The molecule has 25 heavy (non-hydrogen) atoms. The van der Waals surface area contributed by atoms with Gasteiger partial charge in [-0.05, 0) is 45.6 Å². The molecule has 0 aliphatic carbocycles. The van der Waals surface area contributed by atoms with E-state index in [-0.39, 0.29) is 18.1 Å². The summed E-state index contributed by atoms with van der Waals surface area (Å²) in [5.41, 5.74) is 2.16. The standard InChI is InChI=1S/C18H22N4O3/c1-10-17(11(2)25-21-10)18(23)22-7-5-13-8-15(24-16(13)9-22)14-4-6-19-12(3)20-14/h4,6,13,15-16H,5,7-9H2,1-3H3/t13-,15+,16+/m0/s1. The fourth-order valence-corrected chi connectivity index (χ4v) is 3.91. The van der Waals surface area contributed by atoms with Crippen molar-refractivity contribution in [2.75, 3.05) is 13.1 Å². The first-order valence-electron chi connectivity index (χ1n) is 8.70. The smallest absolute Gasteiger partial charge is 0.259 e. The summed E-state index contributed by atoms with van der Waals surface area (Å²) in [6.07, 6.45) is 3.72. The second-order valence-electron chi connectivity index (χ2n) is 6.93. The molecule has 2 aliphatic heterocycles. The first-order valence-corrected chi connectivity index (χ1v) is 8.70. The van der Waals surface area contributed by atoms with Gasteiger partial charge in [-0.1, -0.05) is 5.16 Å². The minimum absolute atomic E-state index is 0.00850. The van der Waals surface area contributed by atoms with Gasteiger partial charge in [-0.15, -0.1) is 0 Å². The van der Waals surface area contributed by atoms with E-state index < -0.39 is 0 Å². The Morgan fingerprint density at radius 1 is 1.32 bits per heavy atom. The fraction of sp³-hybridized carbons (Fsp3) is 0.556. The maximum absolute atomic E-state index is 12.8. The number of aromatic nitrogens is 3. The summed E-state index contributed by atoms with van der Waals surface area (Å²) in [5, 5.41) is 3.89. The molecule has 2 aliphatic rings. The van der Waals surface area contributed by atoms with Crippen molar-refractivity contribution in [3.63, 3.8) is 0 Å². The quantitative estimate of drug-likeness (QED) is 0.833. The Bertz CT molecular complexity index is 784. The molecule has 0 saturated carbocycles. The Hall–Kier alpha value is -2.28. The van der Waals surface area contributed by atoms with Crippen LogP contribution in [-0.4, -0.2) is 45.1 Å². The summed E-state index contributed by atoms with van der Waals surface area (Å²) in [6.45, 7) is 6.81. The topological polar surface area (TPSA) is 81.4 Å². The maximum Gasteiger partial charge on any atom is 0.259 e. The van der Waals surface area contributed by atoms with E-state index in [1.807, 2.05) is 17.9 Å². The molecule has 2 aromatic rings. The van der Waals surface area contributed by atoms with Crippen molar-refractivity contribution in [2.24, 2.45) is 5.92 Å². The van der Waals surface area contributed by atoms with Crippen molar-refractivity contribution in [3.8, 4) is 0 Å². The maximum atomic E-state index is 12.8. The van der Waals surface area contributed by atoms with Gasteiger partial charge in [-0.25, -0.2) is 9.97 Å². The van der Waals surface area contributed by atoms with E-state index in [1.165, 1.54) is 0 Å². The molecule has 1 amide bonds. The van der Waals surface area contributed by atoms with Crippen LogP contribution in [0.2, 0.25) is 0 Å². The zero-order valence-corrected chi connectivity index (χ0v) is 14.7. The van der Waals surface area contributed by atoms with E-state index in [0.717, 1.165) is 30.9 Å². The second-order valence-corrected chi connectivity index (χ2v) is 6.93. The molecule has 2 fully saturated rings. The van der Waals surface area contributed by atoms with Crippen molar-refractivity contribution in [3.05, 3.63) is 40.8 Å². The third-order valence-corrected chi connectivity index (χ3v) is 5.21. The highest BCUT2D eigenvalue weighted by Gasteiger charge is 2.41. The summed E-state index contributed by atoms with van der Waals surface area (Å²) >= 11 is 0. The molecule has 3 atom stereocenters. The van der Waals surface area contributed by atoms with Gasteiger partial charge in [0.25, 0.3) is 5.91 Å². The fourth-order valence-electron chi connectivity index (χ4n) is 3.91. The summed E-state index contributed by atoms with van der Waals surface area (Å²) < 4.78 is 11.4. The van der Waals surface area contributed by atoms with Crippen LogP contribution < -0.4 is 0 Å². The molecule has 0 N–H and O–H groups in total. The molecular formula is C18H22N4O3. The minimum Gasteiger partial charge on any atom is -0.367 e. The highest BCUT2D eigenvalue weighted by Crippen LogP contribution is 2.40. The molecule has 2 saturated heterocycles. The Morgan fingerprint density at radius 3 is 2.88 bits per heavy atom. The van der Waals surface area contributed by atoms with Crippen molar-refractivity contribution in [2.45, 2.75) is 45.8 Å². The number of hydrogen-bond donors (Lipinski definition) is 0. The third kappa shape index (κ3) is 2.93. The van der Waals surface area contributed by atoms with E-state index in [2.05, 4.69) is 15.1 Å². The van der Waals surface area contributed by atoms with Gasteiger partial charge in [0.1, 0.15) is 23.3 Å². The van der Waals surface area contributed by atoms with Crippen LogP contribution in [0.15, 0.2) is 16.8 Å². The SMILES string of the molecule is Cc1nccc([C@H]2C[C@@H]3CCN(C(=O)c4c(C)noc4C)C[C@H]3O2)n1. The van der Waals surface area contributed by atoms with Crippen LogP contribution >= 0.6 is 0 Å². The van der Waals surface area contributed by atoms with E-state index in [0.29, 0.717) is 29.5 Å². The average Bonchev–Trinajstić information content (AvgIpc) is 3.17. The predicted octanol–water partition coefficient (Wildman–Crippen LogP) is 2.38. The van der Waals surface area contributed by atoms with Gasteiger partial charge < -0.3 is 14.2 Å². The highest BCUT2D eigenvalue weighted by molar-refractivity contribution is 5.96. The third-order valence-electron chi connectivity index (χ3n) is 5.21. The van der Waals surface area contributed by atoms with Gasteiger partial charge in [0, 0.05) is 19.3 Å². The lowest BCUT2D eigenvalue weighted by Crippen LogP contribution is -2.45. The molecule has 2 aromatic heterocycles. The molecule has 7 heteroatoms. The number of hydrogen-bond acceptors (Lipinski definition) is 6. The number of piperidine rings is 1. The van der Waals surface area contributed by atoms with Gasteiger partial charge in [0.2, 0.25) is 0 Å². The number of fused-ring (bicyclic) bond motifs is 1. The molecule has 4 rings (SSSR count). The molecule has 0 spiro atoms. The van der Waals surface area contributed by atoms with Crippen LogP contribution in [0.4, 0.5) is 0 Å². The lowest BCUT2D eigenvalue weighted by molar-refractivity contribution is -0.00575. The van der Waals surface area contributed by atoms with Gasteiger partial charge in [-0.3, -0.25) is 4.79 Å². The molecule has 4 heterocycles. The van der Waals surface area contributed by atoms with Crippen LogP contribution in [0.5, 0.6) is 0 Å². The minimum atomic E-state index is -0.0142.